The van der Waals surface area contributed by atoms with E-state index >= 15 is 0 Å². The molecule has 9 heteroatoms. The van der Waals surface area contributed by atoms with Crippen molar-refractivity contribution < 1.29 is 27.9 Å². The summed E-state index contributed by atoms with van der Waals surface area (Å²) in [5.74, 6) is -3.28. The number of imidazole rings is 1. The number of pyridine rings is 1. The number of carboxylic acids is 1. The third-order valence-electron chi connectivity index (χ3n) is 2.45. The number of nitrogens with zero attached hydrogens (tertiary/aromatic N) is 2. The molecule has 0 aliphatic heterocycles. The maximum atomic E-state index is 12.0. The van der Waals surface area contributed by atoms with Crippen molar-refractivity contribution in [2.45, 2.75) is 12.7 Å². The van der Waals surface area contributed by atoms with E-state index in [0.29, 0.717) is 0 Å². The fourth-order valence-electron chi connectivity index (χ4n) is 1.59. The van der Waals surface area contributed by atoms with Gasteiger partial charge in [-0.2, -0.15) is 13.2 Å². The van der Waals surface area contributed by atoms with Gasteiger partial charge in [-0.1, -0.05) is 0 Å². The molecule has 0 saturated carbocycles. The van der Waals surface area contributed by atoms with E-state index in [1.807, 2.05) is 0 Å². The second-order valence-electron chi connectivity index (χ2n) is 3.87. The first-order valence-corrected chi connectivity index (χ1v) is 5.34. The largest absolute Gasteiger partial charge is 0.478 e. The van der Waals surface area contributed by atoms with Crippen LogP contribution in [-0.4, -0.2) is 32.5 Å². The predicted octanol–water partition coefficient (Wildman–Crippen LogP) is 1.21. The van der Waals surface area contributed by atoms with Gasteiger partial charge < -0.3 is 14.8 Å². The number of nitrogens with one attached hydrogen (secondary N) is 1. The summed E-state index contributed by atoms with van der Waals surface area (Å²) in [5, 5.41) is 10.6. The summed E-state index contributed by atoms with van der Waals surface area (Å²) >= 11 is 0. The minimum atomic E-state index is -4.97. The molecule has 2 heterocycles. The number of alkyl halides is 3. The van der Waals surface area contributed by atoms with Gasteiger partial charge in [0.15, 0.2) is 5.65 Å². The summed E-state index contributed by atoms with van der Waals surface area (Å²) in [7, 11) is 0. The Balaban J connectivity index is 2.23. The summed E-state index contributed by atoms with van der Waals surface area (Å²) in [6.07, 6.45) is -2.12. The number of hydrogen-bond donors (Lipinski definition) is 2. The van der Waals surface area contributed by atoms with E-state index in [1.54, 1.807) is 5.32 Å². The van der Waals surface area contributed by atoms with Gasteiger partial charge in [0.1, 0.15) is 5.56 Å². The van der Waals surface area contributed by atoms with Crippen molar-refractivity contribution in [3.8, 4) is 0 Å². The quantitative estimate of drug-likeness (QED) is 0.888. The molecule has 0 aromatic carbocycles. The van der Waals surface area contributed by atoms with Crippen molar-refractivity contribution >= 4 is 17.5 Å². The maximum Gasteiger partial charge on any atom is 0.471 e. The zero-order valence-electron chi connectivity index (χ0n) is 9.81. The lowest BCUT2D eigenvalue weighted by Gasteiger charge is -2.05. The van der Waals surface area contributed by atoms with E-state index in [4.69, 9.17) is 5.11 Å². The molecule has 0 bridgehead atoms. The normalized spacial score (nSPS) is 11.6. The summed E-state index contributed by atoms with van der Waals surface area (Å²) in [4.78, 5) is 25.5. The maximum absolute atomic E-state index is 12.0. The second kappa shape index (κ2) is 4.83. The summed E-state index contributed by atoms with van der Waals surface area (Å²) in [6.45, 7) is -0.445. The van der Waals surface area contributed by atoms with Crippen LogP contribution in [0.15, 0.2) is 24.5 Å². The van der Waals surface area contributed by atoms with E-state index in [1.165, 1.54) is 28.9 Å². The Labute approximate surface area is 109 Å². The van der Waals surface area contributed by atoms with Crippen molar-refractivity contribution in [1.29, 1.82) is 0 Å². The Kier molecular flexibility index (Phi) is 3.35. The van der Waals surface area contributed by atoms with Gasteiger partial charge in [-0.25, -0.2) is 9.78 Å². The summed E-state index contributed by atoms with van der Waals surface area (Å²) in [5.41, 5.74) is 0.133. The van der Waals surface area contributed by atoms with Crippen molar-refractivity contribution in [3.63, 3.8) is 0 Å². The van der Waals surface area contributed by atoms with Crippen LogP contribution in [0.5, 0.6) is 0 Å². The van der Waals surface area contributed by atoms with Crippen LogP contribution in [0.1, 0.15) is 16.1 Å². The number of fused-ring (bicyclic) bond motifs is 1. The first-order chi connectivity index (χ1) is 9.29. The first kappa shape index (κ1) is 13.8. The average molecular weight is 287 g/mol. The molecule has 106 valence electrons. The van der Waals surface area contributed by atoms with E-state index < -0.39 is 24.6 Å². The Hall–Kier alpha value is -2.58. The molecule has 0 aliphatic rings. The Morgan fingerprint density at radius 3 is 2.70 bits per heavy atom. The van der Waals surface area contributed by atoms with E-state index in [-0.39, 0.29) is 16.9 Å². The highest BCUT2D eigenvalue weighted by atomic mass is 19.4. The zero-order chi connectivity index (χ0) is 14.9. The molecule has 1 amide bonds. The highest BCUT2D eigenvalue weighted by Crippen LogP contribution is 2.15. The first-order valence-electron chi connectivity index (χ1n) is 5.34. The minimum Gasteiger partial charge on any atom is -0.478 e. The number of carboxylic acid groups (broad SMARTS) is 1. The highest BCUT2D eigenvalue weighted by molar-refractivity contribution is 5.94. The Morgan fingerprint density at radius 2 is 2.10 bits per heavy atom. The molecular weight excluding hydrogens is 279 g/mol. The average Bonchev–Trinajstić information content (AvgIpc) is 2.76. The van der Waals surface area contributed by atoms with Crippen LogP contribution in [0.4, 0.5) is 13.2 Å². The molecule has 0 spiro atoms. The third kappa shape index (κ3) is 2.71. The number of rotatable bonds is 3. The lowest BCUT2D eigenvalue weighted by atomic mass is 10.3. The molecule has 2 rings (SSSR count). The van der Waals surface area contributed by atoms with E-state index in [9.17, 15) is 22.8 Å². The van der Waals surface area contributed by atoms with Crippen molar-refractivity contribution in [2.75, 3.05) is 0 Å². The van der Waals surface area contributed by atoms with Crippen LogP contribution in [0.25, 0.3) is 5.65 Å². The molecule has 0 atom stereocenters. The lowest BCUT2D eigenvalue weighted by Crippen LogP contribution is -2.36. The van der Waals surface area contributed by atoms with Crippen molar-refractivity contribution in [3.05, 3.63) is 35.8 Å². The number of amides is 1. The Morgan fingerprint density at radius 1 is 1.40 bits per heavy atom. The predicted molar refractivity (Wildman–Crippen MR) is 60.1 cm³/mol. The van der Waals surface area contributed by atoms with Gasteiger partial charge >= 0.3 is 18.1 Å². The van der Waals surface area contributed by atoms with E-state index in [0.717, 1.165) is 0 Å². The van der Waals surface area contributed by atoms with Crippen LogP contribution < -0.4 is 5.32 Å². The van der Waals surface area contributed by atoms with Gasteiger partial charge in [0.25, 0.3) is 0 Å². The smallest absolute Gasteiger partial charge is 0.471 e. The van der Waals surface area contributed by atoms with Crippen LogP contribution in [0.3, 0.4) is 0 Å². The van der Waals surface area contributed by atoms with Crippen LogP contribution in [-0.2, 0) is 11.3 Å². The lowest BCUT2D eigenvalue weighted by molar-refractivity contribution is -0.173. The molecule has 0 fully saturated rings. The Bertz CT molecular complexity index is 678. The third-order valence-corrected chi connectivity index (χ3v) is 2.45. The molecule has 2 N–H and O–H groups in total. The van der Waals surface area contributed by atoms with Gasteiger partial charge in [0.05, 0.1) is 12.2 Å². The SMILES string of the molecule is O=C(O)c1cccn2cc(CNC(=O)C(F)(F)F)nc12. The number of halogens is 3. The molecule has 0 radical (unpaired) electrons. The van der Waals surface area contributed by atoms with Gasteiger partial charge in [0.2, 0.25) is 0 Å². The fourth-order valence-corrected chi connectivity index (χ4v) is 1.59. The molecular formula is C11H8F3N3O3. The molecule has 2 aromatic heterocycles. The molecule has 0 aliphatic carbocycles. The summed E-state index contributed by atoms with van der Waals surface area (Å²) < 4.78 is 37.4. The number of aromatic nitrogens is 2. The fraction of sp³-hybridized carbons (Fsp3) is 0.182. The van der Waals surface area contributed by atoms with Crippen LogP contribution in [0.2, 0.25) is 0 Å². The highest BCUT2D eigenvalue weighted by Gasteiger charge is 2.38. The second-order valence-corrected chi connectivity index (χ2v) is 3.87. The zero-order valence-corrected chi connectivity index (χ0v) is 9.81. The monoisotopic (exact) mass is 287 g/mol. The minimum absolute atomic E-state index is 0.0825. The van der Waals surface area contributed by atoms with Gasteiger partial charge in [0, 0.05) is 12.4 Å². The topological polar surface area (TPSA) is 83.7 Å². The standard InChI is InChI=1S/C11H8F3N3O3/c12-11(13,14)10(20)15-4-6-5-17-3-1-2-7(9(18)19)8(17)16-6/h1-3,5H,4H2,(H,15,20)(H,18,19). The summed E-state index contributed by atoms with van der Waals surface area (Å²) in [6, 6.07) is 2.79. The molecule has 0 saturated heterocycles. The van der Waals surface area contributed by atoms with Gasteiger partial charge in [-0.3, -0.25) is 4.79 Å². The van der Waals surface area contributed by atoms with E-state index in [2.05, 4.69) is 4.98 Å². The number of carbonyl (C=O) groups excluding carboxylic acids is 1. The van der Waals surface area contributed by atoms with Crippen molar-refractivity contribution in [2.24, 2.45) is 0 Å². The van der Waals surface area contributed by atoms with Gasteiger partial charge in [-0.05, 0) is 12.1 Å². The molecule has 0 unspecified atom stereocenters. The van der Waals surface area contributed by atoms with Crippen LogP contribution in [0, 0.1) is 0 Å². The molecule has 20 heavy (non-hydrogen) atoms. The van der Waals surface area contributed by atoms with Crippen molar-refractivity contribution in [1.82, 2.24) is 14.7 Å². The number of carbonyl (C=O) groups is 2. The van der Waals surface area contributed by atoms with Gasteiger partial charge in [-0.15, -0.1) is 0 Å². The molecule has 2 aromatic rings. The molecule has 6 nitrogen and oxygen atoms in total. The van der Waals surface area contributed by atoms with Crippen LogP contribution >= 0.6 is 0 Å². The number of aromatic carboxylic acids is 1. The number of hydrogen-bond acceptors (Lipinski definition) is 3.